The van der Waals surface area contributed by atoms with Crippen molar-refractivity contribution in [3.8, 4) is 0 Å². The van der Waals surface area contributed by atoms with Gasteiger partial charge in [-0.25, -0.2) is 8.42 Å². The first-order chi connectivity index (χ1) is 9.09. The molecule has 0 aliphatic heterocycles. The van der Waals surface area contributed by atoms with Crippen molar-refractivity contribution in [3.63, 3.8) is 0 Å². The first-order valence-electron chi connectivity index (χ1n) is 5.81. The molecule has 1 aromatic rings. The Morgan fingerprint density at radius 3 is 2.35 bits per heavy atom. The molecule has 0 aliphatic rings. The third-order valence-corrected chi connectivity index (χ3v) is 4.90. The molecular weight excluding hydrogens is 295 g/mol. The number of alkyl halides is 3. The lowest BCUT2D eigenvalue weighted by atomic mass is 10.1. The summed E-state index contributed by atoms with van der Waals surface area (Å²) in [5.74, 6) is -0.760. The molecule has 0 aromatic heterocycles. The molecule has 114 valence electrons. The summed E-state index contributed by atoms with van der Waals surface area (Å²) in [7, 11) is -2.71. The van der Waals surface area contributed by atoms with Gasteiger partial charge in [-0.3, -0.25) is 0 Å². The third-order valence-electron chi connectivity index (χ3n) is 2.98. The molecule has 0 saturated carbocycles. The Morgan fingerprint density at radius 1 is 1.30 bits per heavy atom. The van der Waals surface area contributed by atoms with E-state index in [4.69, 9.17) is 5.11 Å². The average Bonchev–Trinajstić information content (AvgIpc) is 2.35. The molecule has 0 bridgehead atoms. The lowest BCUT2D eigenvalue weighted by Crippen LogP contribution is -2.38. The molecule has 1 rings (SSSR count). The van der Waals surface area contributed by atoms with Gasteiger partial charge < -0.3 is 5.11 Å². The van der Waals surface area contributed by atoms with Crippen molar-refractivity contribution in [1.29, 1.82) is 0 Å². The number of aliphatic hydroxyl groups is 1. The van der Waals surface area contributed by atoms with Crippen molar-refractivity contribution >= 4 is 10.0 Å². The first-order valence-corrected chi connectivity index (χ1v) is 7.42. The van der Waals surface area contributed by atoms with E-state index < -0.39 is 40.2 Å². The zero-order chi connectivity index (χ0) is 15.6. The number of nitrogens with zero attached hydrogens (tertiary/aromatic N) is 1. The molecule has 0 amide bonds. The zero-order valence-electron chi connectivity index (χ0n) is 11.1. The van der Waals surface area contributed by atoms with Gasteiger partial charge in [0.15, 0.2) is 0 Å². The number of halogens is 3. The van der Waals surface area contributed by atoms with Crippen LogP contribution in [0.1, 0.15) is 18.1 Å². The Hall–Kier alpha value is -1.12. The van der Waals surface area contributed by atoms with Crippen molar-refractivity contribution in [3.05, 3.63) is 35.4 Å². The van der Waals surface area contributed by atoms with Gasteiger partial charge in [0.25, 0.3) is 0 Å². The molecule has 8 heteroatoms. The maximum Gasteiger partial charge on any atom is 0.416 e. The minimum absolute atomic E-state index is 0.308. The zero-order valence-corrected chi connectivity index (χ0v) is 11.9. The summed E-state index contributed by atoms with van der Waals surface area (Å²) in [6, 6.07) is 3.85. The van der Waals surface area contributed by atoms with Gasteiger partial charge in [0.2, 0.25) is 10.0 Å². The lowest BCUT2D eigenvalue weighted by Gasteiger charge is -2.23. The second-order valence-electron chi connectivity index (χ2n) is 4.46. The fraction of sp³-hybridized carbons (Fsp3) is 0.500. The Labute approximate surface area is 115 Å². The molecule has 0 spiro atoms. The number of sulfonamides is 1. The van der Waals surface area contributed by atoms with Crippen molar-refractivity contribution in [1.82, 2.24) is 4.31 Å². The quantitative estimate of drug-likeness (QED) is 0.903. The van der Waals surface area contributed by atoms with Crippen LogP contribution in [0, 0.1) is 0 Å². The normalized spacial score (nSPS) is 14.6. The predicted molar refractivity (Wildman–Crippen MR) is 68.4 cm³/mol. The second kappa shape index (κ2) is 6.11. The minimum atomic E-state index is -4.60. The topological polar surface area (TPSA) is 57.6 Å². The molecule has 4 nitrogen and oxygen atoms in total. The molecule has 1 aromatic carbocycles. The molecule has 0 heterocycles. The molecular formula is C12H16F3NO3S. The highest BCUT2D eigenvalue weighted by Crippen LogP contribution is 2.32. The summed E-state index contributed by atoms with van der Waals surface area (Å²) in [5.41, 5.74) is -1.27. The van der Waals surface area contributed by atoms with Crippen LogP contribution in [-0.2, 0) is 22.0 Å². The number of hydrogen-bond acceptors (Lipinski definition) is 3. The van der Waals surface area contributed by atoms with Gasteiger partial charge in [-0.15, -0.1) is 0 Å². The van der Waals surface area contributed by atoms with E-state index in [-0.39, 0.29) is 5.56 Å². The largest absolute Gasteiger partial charge is 0.416 e. The average molecular weight is 311 g/mol. The molecule has 0 radical (unpaired) electrons. The number of aliphatic hydroxyl groups excluding tert-OH is 1. The Kier molecular flexibility index (Phi) is 5.17. The first kappa shape index (κ1) is 16.9. The molecule has 1 unspecified atom stereocenters. The van der Waals surface area contributed by atoms with E-state index in [9.17, 15) is 21.6 Å². The van der Waals surface area contributed by atoms with E-state index in [1.165, 1.54) is 26.1 Å². The summed E-state index contributed by atoms with van der Waals surface area (Å²) in [6.07, 6.45) is -4.60. The van der Waals surface area contributed by atoms with Gasteiger partial charge in [-0.1, -0.05) is 18.2 Å². The highest BCUT2D eigenvalue weighted by atomic mass is 32.2. The number of benzene rings is 1. The van der Waals surface area contributed by atoms with E-state index in [0.29, 0.717) is 0 Å². The predicted octanol–water partition coefficient (Wildman–Crippen LogP) is 1.85. The molecule has 0 fully saturated rings. The second-order valence-corrected chi connectivity index (χ2v) is 6.49. The third kappa shape index (κ3) is 3.94. The maximum atomic E-state index is 12.8. The van der Waals surface area contributed by atoms with Crippen LogP contribution in [0.3, 0.4) is 0 Å². The molecule has 20 heavy (non-hydrogen) atoms. The Morgan fingerprint density at radius 2 is 1.85 bits per heavy atom. The SMILES string of the molecule is CC(CO)N(C)S(=O)(=O)Cc1ccccc1C(F)(F)F. The highest BCUT2D eigenvalue weighted by molar-refractivity contribution is 7.88. The number of likely N-dealkylation sites (N-methyl/N-ethyl adjacent to an activating group) is 1. The monoisotopic (exact) mass is 311 g/mol. The summed E-state index contributed by atoms with van der Waals surface area (Å²) >= 11 is 0. The summed E-state index contributed by atoms with van der Waals surface area (Å²) < 4.78 is 63.3. The molecule has 0 aliphatic carbocycles. The lowest BCUT2D eigenvalue weighted by molar-refractivity contribution is -0.138. The summed E-state index contributed by atoms with van der Waals surface area (Å²) in [5, 5.41) is 8.93. The highest BCUT2D eigenvalue weighted by Gasteiger charge is 2.35. The minimum Gasteiger partial charge on any atom is -0.395 e. The molecule has 0 saturated heterocycles. The van der Waals surface area contributed by atoms with Crippen molar-refractivity contribution < 1.29 is 26.7 Å². The van der Waals surface area contributed by atoms with E-state index >= 15 is 0 Å². The summed E-state index contributed by atoms with van der Waals surface area (Å²) in [4.78, 5) is 0. The van der Waals surface area contributed by atoms with E-state index in [2.05, 4.69) is 0 Å². The van der Waals surface area contributed by atoms with E-state index in [1.807, 2.05) is 0 Å². The van der Waals surface area contributed by atoms with Gasteiger partial charge in [-0.2, -0.15) is 17.5 Å². The van der Waals surface area contributed by atoms with Crippen LogP contribution in [0.4, 0.5) is 13.2 Å². The Bertz CT molecular complexity index is 557. The smallest absolute Gasteiger partial charge is 0.395 e. The van der Waals surface area contributed by atoms with Gasteiger partial charge >= 0.3 is 6.18 Å². The van der Waals surface area contributed by atoms with Crippen LogP contribution < -0.4 is 0 Å². The van der Waals surface area contributed by atoms with E-state index in [0.717, 1.165) is 16.4 Å². The summed E-state index contributed by atoms with van der Waals surface area (Å²) in [6.45, 7) is 1.06. The number of rotatable bonds is 5. The van der Waals surface area contributed by atoms with Crippen molar-refractivity contribution in [2.24, 2.45) is 0 Å². The van der Waals surface area contributed by atoms with E-state index in [1.54, 1.807) is 0 Å². The molecule has 1 atom stereocenters. The maximum absolute atomic E-state index is 12.8. The molecule has 1 N–H and O–H groups in total. The van der Waals surface area contributed by atoms with Gasteiger partial charge in [0, 0.05) is 13.1 Å². The van der Waals surface area contributed by atoms with Gasteiger partial charge in [0.1, 0.15) is 0 Å². The van der Waals surface area contributed by atoms with Crippen LogP contribution in [0.5, 0.6) is 0 Å². The van der Waals surface area contributed by atoms with Gasteiger partial charge in [0.05, 0.1) is 17.9 Å². The van der Waals surface area contributed by atoms with Crippen LogP contribution >= 0.6 is 0 Å². The van der Waals surface area contributed by atoms with Crippen LogP contribution in [0.25, 0.3) is 0 Å². The van der Waals surface area contributed by atoms with Crippen LogP contribution in [-0.4, -0.2) is 37.5 Å². The fourth-order valence-electron chi connectivity index (χ4n) is 1.61. The van der Waals surface area contributed by atoms with Gasteiger partial charge in [-0.05, 0) is 18.6 Å². The fourth-order valence-corrected chi connectivity index (χ4v) is 3.07. The van der Waals surface area contributed by atoms with Crippen molar-refractivity contribution in [2.45, 2.75) is 24.9 Å². The standard InChI is InChI=1S/C12H16F3NO3S/c1-9(7-17)16(2)20(18,19)8-10-5-3-4-6-11(10)12(13,14)15/h3-6,9,17H,7-8H2,1-2H3. The number of hydrogen-bond donors (Lipinski definition) is 1. The van der Waals surface area contributed by atoms with Crippen molar-refractivity contribution in [2.75, 3.05) is 13.7 Å². The van der Waals surface area contributed by atoms with Crippen LogP contribution in [0.2, 0.25) is 0 Å². The van der Waals surface area contributed by atoms with Crippen LogP contribution in [0.15, 0.2) is 24.3 Å². The Balaban J connectivity index is 3.11.